The molecular formula is C18H21NO. The molecule has 0 bridgehead atoms. The highest BCUT2D eigenvalue weighted by molar-refractivity contribution is 5.38. The third kappa shape index (κ3) is 2.79. The van der Waals surface area contributed by atoms with Crippen molar-refractivity contribution in [2.45, 2.75) is 38.0 Å². The highest BCUT2D eigenvalue weighted by Crippen LogP contribution is 2.38. The lowest BCUT2D eigenvalue weighted by Crippen LogP contribution is -2.09. The third-order valence-electron chi connectivity index (χ3n) is 4.44. The van der Waals surface area contributed by atoms with Crippen LogP contribution in [0.3, 0.4) is 0 Å². The predicted molar refractivity (Wildman–Crippen MR) is 82.4 cm³/mol. The quantitative estimate of drug-likeness (QED) is 0.803. The molecule has 0 aliphatic heterocycles. The lowest BCUT2D eigenvalue weighted by atomic mass is 9.79. The first-order valence-electron chi connectivity index (χ1n) is 7.36. The molecule has 0 amide bonds. The molecule has 0 aromatic heterocycles. The first-order chi connectivity index (χ1) is 9.72. The molecule has 1 fully saturated rings. The Balaban J connectivity index is 1.67. The highest BCUT2D eigenvalue weighted by atomic mass is 16.3. The van der Waals surface area contributed by atoms with Crippen molar-refractivity contribution in [1.82, 2.24) is 0 Å². The van der Waals surface area contributed by atoms with Gasteiger partial charge in [0.1, 0.15) is 5.75 Å². The molecule has 1 saturated carbocycles. The zero-order chi connectivity index (χ0) is 13.9. The summed E-state index contributed by atoms with van der Waals surface area (Å²) in [5.41, 5.74) is 11.1. The predicted octanol–water partition coefficient (Wildman–Crippen LogP) is 4.15. The molecule has 1 aromatic rings. The number of rotatable bonds is 1. The fraction of sp³-hybridized carbons (Fsp3) is 0.333. The van der Waals surface area contributed by atoms with Crippen molar-refractivity contribution < 1.29 is 5.11 Å². The van der Waals surface area contributed by atoms with Crippen molar-refractivity contribution in [3.05, 3.63) is 64.9 Å². The maximum atomic E-state index is 9.36. The number of phenols is 1. The highest BCUT2D eigenvalue weighted by Gasteiger charge is 2.20. The SMILES string of the molecule is NC1=CCC(=C2CCC(c3ccc(O)cc3)CC2)C=C1. The summed E-state index contributed by atoms with van der Waals surface area (Å²) in [6.45, 7) is 0. The van der Waals surface area contributed by atoms with Crippen LogP contribution in [0.15, 0.2) is 59.3 Å². The summed E-state index contributed by atoms with van der Waals surface area (Å²) < 4.78 is 0. The second kappa shape index (κ2) is 5.58. The Morgan fingerprint density at radius 3 is 2.30 bits per heavy atom. The largest absolute Gasteiger partial charge is 0.508 e. The van der Waals surface area contributed by atoms with E-state index in [-0.39, 0.29) is 0 Å². The zero-order valence-electron chi connectivity index (χ0n) is 11.7. The minimum atomic E-state index is 0.351. The van der Waals surface area contributed by atoms with E-state index >= 15 is 0 Å². The van der Waals surface area contributed by atoms with Gasteiger partial charge in [-0.15, -0.1) is 0 Å². The molecule has 0 radical (unpaired) electrons. The van der Waals surface area contributed by atoms with Gasteiger partial charge < -0.3 is 10.8 Å². The number of phenolic OH excluding ortho intramolecular Hbond substituents is 1. The Kier molecular flexibility index (Phi) is 3.64. The van der Waals surface area contributed by atoms with Gasteiger partial charge in [0.15, 0.2) is 0 Å². The van der Waals surface area contributed by atoms with Gasteiger partial charge in [0.2, 0.25) is 0 Å². The molecule has 2 aliphatic rings. The van der Waals surface area contributed by atoms with Gasteiger partial charge in [-0.2, -0.15) is 0 Å². The van der Waals surface area contributed by atoms with E-state index < -0.39 is 0 Å². The van der Waals surface area contributed by atoms with Crippen LogP contribution in [-0.4, -0.2) is 5.11 Å². The molecule has 0 atom stereocenters. The van der Waals surface area contributed by atoms with Crippen molar-refractivity contribution in [2.24, 2.45) is 5.73 Å². The molecule has 0 spiro atoms. The van der Waals surface area contributed by atoms with E-state index in [1.807, 2.05) is 6.08 Å². The summed E-state index contributed by atoms with van der Waals surface area (Å²) in [6, 6.07) is 7.70. The van der Waals surface area contributed by atoms with Crippen molar-refractivity contribution >= 4 is 0 Å². The van der Waals surface area contributed by atoms with Gasteiger partial charge in [0.05, 0.1) is 0 Å². The maximum Gasteiger partial charge on any atom is 0.115 e. The van der Waals surface area contributed by atoms with Crippen LogP contribution in [0.2, 0.25) is 0 Å². The lowest BCUT2D eigenvalue weighted by Gasteiger charge is -2.26. The van der Waals surface area contributed by atoms with E-state index in [2.05, 4.69) is 24.3 Å². The number of hydrogen-bond acceptors (Lipinski definition) is 2. The van der Waals surface area contributed by atoms with Gasteiger partial charge in [0, 0.05) is 5.70 Å². The van der Waals surface area contributed by atoms with E-state index in [0.717, 1.165) is 12.1 Å². The molecule has 2 nitrogen and oxygen atoms in total. The Hall–Kier alpha value is -1.96. The van der Waals surface area contributed by atoms with Gasteiger partial charge in [-0.25, -0.2) is 0 Å². The number of hydrogen-bond donors (Lipinski definition) is 2. The molecule has 3 N–H and O–H groups in total. The van der Waals surface area contributed by atoms with E-state index in [1.165, 1.54) is 36.8 Å². The average Bonchev–Trinajstić information content (AvgIpc) is 2.49. The Labute approximate surface area is 120 Å². The zero-order valence-corrected chi connectivity index (χ0v) is 11.7. The topological polar surface area (TPSA) is 46.2 Å². The van der Waals surface area contributed by atoms with Crippen molar-refractivity contribution in [2.75, 3.05) is 0 Å². The molecule has 2 heteroatoms. The van der Waals surface area contributed by atoms with Crippen LogP contribution in [0.1, 0.15) is 43.6 Å². The average molecular weight is 267 g/mol. The van der Waals surface area contributed by atoms with Gasteiger partial charge in [-0.1, -0.05) is 29.9 Å². The molecule has 0 unspecified atom stereocenters. The summed E-state index contributed by atoms with van der Waals surface area (Å²) in [5, 5.41) is 9.36. The smallest absolute Gasteiger partial charge is 0.115 e. The summed E-state index contributed by atoms with van der Waals surface area (Å²) in [4.78, 5) is 0. The van der Waals surface area contributed by atoms with Gasteiger partial charge in [-0.3, -0.25) is 0 Å². The minimum absolute atomic E-state index is 0.351. The van der Waals surface area contributed by atoms with Gasteiger partial charge in [0.25, 0.3) is 0 Å². The van der Waals surface area contributed by atoms with Crippen LogP contribution in [0.4, 0.5) is 0 Å². The Morgan fingerprint density at radius 1 is 1.00 bits per heavy atom. The number of nitrogens with two attached hydrogens (primary N) is 1. The van der Waals surface area contributed by atoms with Crippen LogP contribution in [0.5, 0.6) is 5.75 Å². The summed E-state index contributed by atoms with van der Waals surface area (Å²) >= 11 is 0. The fourth-order valence-electron chi connectivity index (χ4n) is 3.19. The molecule has 20 heavy (non-hydrogen) atoms. The van der Waals surface area contributed by atoms with E-state index in [1.54, 1.807) is 17.7 Å². The fourth-order valence-corrected chi connectivity index (χ4v) is 3.19. The van der Waals surface area contributed by atoms with E-state index in [0.29, 0.717) is 11.7 Å². The van der Waals surface area contributed by atoms with Crippen LogP contribution in [0, 0.1) is 0 Å². The number of aromatic hydroxyl groups is 1. The first-order valence-corrected chi connectivity index (χ1v) is 7.36. The van der Waals surface area contributed by atoms with E-state index in [4.69, 9.17) is 5.73 Å². The van der Waals surface area contributed by atoms with Crippen LogP contribution in [0.25, 0.3) is 0 Å². The maximum absolute atomic E-state index is 9.36. The Morgan fingerprint density at radius 2 is 1.70 bits per heavy atom. The van der Waals surface area contributed by atoms with Crippen LogP contribution in [-0.2, 0) is 0 Å². The summed E-state index contributed by atoms with van der Waals surface area (Å²) in [6.07, 6.45) is 12.1. The number of allylic oxidation sites excluding steroid dienone is 5. The molecule has 0 heterocycles. The lowest BCUT2D eigenvalue weighted by molar-refractivity contribution is 0.473. The number of benzene rings is 1. The summed E-state index contributed by atoms with van der Waals surface area (Å²) in [5.74, 6) is 0.984. The standard InChI is InChI=1S/C18H21NO/c19-17-9-5-15(6-10-17)13-1-3-14(4-2-13)16-7-11-18(20)12-8-16/h5,7-12,14,20H,1-4,6,19H2. The van der Waals surface area contributed by atoms with Gasteiger partial charge in [-0.05, 0) is 67.4 Å². The van der Waals surface area contributed by atoms with Crippen molar-refractivity contribution in [3.8, 4) is 5.75 Å². The first kappa shape index (κ1) is 13.0. The molecule has 3 rings (SSSR count). The van der Waals surface area contributed by atoms with Gasteiger partial charge >= 0.3 is 0 Å². The molecule has 0 saturated heterocycles. The minimum Gasteiger partial charge on any atom is -0.508 e. The van der Waals surface area contributed by atoms with E-state index in [9.17, 15) is 5.11 Å². The second-order valence-corrected chi connectivity index (χ2v) is 5.74. The monoisotopic (exact) mass is 267 g/mol. The molecule has 104 valence electrons. The molecule has 2 aliphatic carbocycles. The molecule has 1 aromatic carbocycles. The van der Waals surface area contributed by atoms with Crippen molar-refractivity contribution in [3.63, 3.8) is 0 Å². The normalized spacial score (nSPS) is 22.8. The van der Waals surface area contributed by atoms with Crippen molar-refractivity contribution in [1.29, 1.82) is 0 Å². The van der Waals surface area contributed by atoms with Crippen LogP contribution < -0.4 is 5.73 Å². The second-order valence-electron chi connectivity index (χ2n) is 5.74. The Bertz CT molecular complexity index is 568. The summed E-state index contributed by atoms with van der Waals surface area (Å²) in [7, 11) is 0. The third-order valence-corrected chi connectivity index (χ3v) is 4.44. The molecular weight excluding hydrogens is 246 g/mol. The van der Waals surface area contributed by atoms with Crippen LogP contribution >= 0.6 is 0 Å².